The number of phenols is 1. The van der Waals surface area contributed by atoms with Crippen LogP contribution in [0.25, 0.3) is 0 Å². The van der Waals surface area contributed by atoms with Crippen LogP contribution >= 0.6 is 0 Å². The summed E-state index contributed by atoms with van der Waals surface area (Å²) in [6.45, 7) is 9.25. The zero-order chi connectivity index (χ0) is 22.3. The van der Waals surface area contributed by atoms with Gasteiger partial charge in [0.15, 0.2) is 0 Å². The number of benzene rings is 1. The molecular formula is C23H29N5O3. The number of carbonyl (C=O) groups excluding carboxylic acids is 2. The van der Waals surface area contributed by atoms with Gasteiger partial charge in [-0.25, -0.2) is 4.98 Å². The van der Waals surface area contributed by atoms with E-state index in [4.69, 9.17) is 0 Å². The Bertz CT molecular complexity index is 1050. The normalized spacial score (nSPS) is 17.1. The summed E-state index contributed by atoms with van der Waals surface area (Å²) >= 11 is 0. The number of amides is 2. The van der Waals surface area contributed by atoms with E-state index in [9.17, 15) is 14.7 Å². The van der Waals surface area contributed by atoms with Crippen molar-refractivity contribution < 1.29 is 14.7 Å². The summed E-state index contributed by atoms with van der Waals surface area (Å²) in [4.78, 5) is 30.1. The molecule has 1 aromatic carbocycles. The fraction of sp³-hybridized carbons (Fsp3) is 0.435. The van der Waals surface area contributed by atoms with Gasteiger partial charge >= 0.3 is 0 Å². The zero-order valence-electron chi connectivity index (χ0n) is 18.2. The molecule has 8 heteroatoms. The molecule has 2 heterocycles. The number of carbonyl (C=O) groups is 2. The molecular weight excluding hydrogens is 394 g/mol. The second-order valence-corrected chi connectivity index (χ2v) is 9.00. The number of aromatic nitrogens is 2. The highest BCUT2D eigenvalue weighted by atomic mass is 16.3. The molecule has 0 atom stereocenters. The lowest BCUT2D eigenvalue weighted by atomic mass is 9.86. The number of likely N-dealkylation sites (tertiary alicyclic amines) is 1. The van der Waals surface area contributed by atoms with Crippen LogP contribution in [0.1, 0.15) is 47.7 Å². The van der Waals surface area contributed by atoms with E-state index in [1.54, 1.807) is 22.7 Å². The maximum atomic E-state index is 12.6. The highest BCUT2D eigenvalue weighted by Crippen LogP contribution is 2.42. The first-order chi connectivity index (χ1) is 14.7. The molecule has 1 fully saturated rings. The van der Waals surface area contributed by atoms with Crippen LogP contribution in [-0.2, 0) is 30.2 Å². The quantitative estimate of drug-likeness (QED) is 0.488. The van der Waals surface area contributed by atoms with Crippen molar-refractivity contribution in [1.29, 1.82) is 0 Å². The Labute approximate surface area is 182 Å². The minimum absolute atomic E-state index is 0.0698. The number of aromatic hydroxyl groups is 1. The lowest BCUT2D eigenvalue weighted by molar-refractivity contribution is -0.130. The average molecular weight is 424 g/mol. The molecule has 3 N–H and O–H groups in total. The summed E-state index contributed by atoms with van der Waals surface area (Å²) < 4.78 is 1.74. The molecule has 0 radical (unpaired) electrons. The first-order valence-electron chi connectivity index (χ1n) is 10.5. The van der Waals surface area contributed by atoms with E-state index >= 15 is 0 Å². The molecule has 1 aromatic heterocycles. The first kappa shape index (κ1) is 21.0. The Morgan fingerprint density at radius 3 is 2.81 bits per heavy atom. The van der Waals surface area contributed by atoms with E-state index in [0.29, 0.717) is 36.8 Å². The number of imidazole rings is 1. The molecule has 2 aliphatic rings. The van der Waals surface area contributed by atoms with E-state index in [1.165, 1.54) is 17.2 Å². The predicted molar refractivity (Wildman–Crippen MR) is 118 cm³/mol. The molecule has 1 saturated heterocycles. The minimum Gasteiger partial charge on any atom is -0.506 e. The first-order valence-corrected chi connectivity index (χ1v) is 10.5. The second kappa shape index (κ2) is 7.76. The van der Waals surface area contributed by atoms with Crippen molar-refractivity contribution in [1.82, 2.24) is 19.8 Å². The van der Waals surface area contributed by atoms with Gasteiger partial charge in [-0.2, -0.15) is 0 Å². The molecule has 1 aliphatic carbocycles. The van der Waals surface area contributed by atoms with Crippen LogP contribution in [0.5, 0.6) is 5.75 Å². The monoisotopic (exact) mass is 423 g/mol. The standard InChI is InChI=1S/C23H29N5O3/c1-5-21(30)28-12-15(13-28)26-22(31)18-10-25-20(27(18)4)11-24-17-9-16-14(8-19(17)29)6-7-23(16,2)3/h5,8-10,15,24,29H,1,6-7,11-13H2,2-4H3,(H,26,31). The molecule has 2 aromatic rings. The lowest BCUT2D eigenvalue weighted by Gasteiger charge is -2.38. The lowest BCUT2D eigenvalue weighted by Crippen LogP contribution is -2.60. The molecule has 164 valence electrons. The minimum atomic E-state index is -0.223. The number of nitrogens with one attached hydrogen (secondary N) is 2. The van der Waals surface area contributed by atoms with Crippen molar-refractivity contribution in [3.8, 4) is 5.75 Å². The number of fused-ring (bicyclic) bond motifs is 1. The predicted octanol–water partition coefficient (Wildman–Crippen LogP) is 2.09. The van der Waals surface area contributed by atoms with Gasteiger partial charge in [-0.1, -0.05) is 20.4 Å². The van der Waals surface area contributed by atoms with Gasteiger partial charge in [-0.05, 0) is 47.6 Å². The average Bonchev–Trinajstić information content (AvgIpc) is 3.21. The molecule has 1 aliphatic heterocycles. The Kier molecular flexibility index (Phi) is 5.24. The van der Waals surface area contributed by atoms with Crippen LogP contribution in [0.3, 0.4) is 0 Å². The number of hydrogen-bond donors (Lipinski definition) is 3. The van der Waals surface area contributed by atoms with Crippen LogP contribution in [0, 0.1) is 0 Å². The summed E-state index contributed by atoms with van der Waals surface area (Å²) in [6.07, 6.45) is 4.87. The van der Waals surface area contributed by atoms with Crippen molar-refractivity contribution >= 4 is 17.5 Å². The molecule has 2 amide bonds. The topological polar surface area (TPSA) is 99.5 Å². The Hall–Kier alpha value is -3.29. The molecule has 0 bridgehead atoms. The second-order valence-electron chi connectivity index (χ2n) is 9.00. The number of aryl methyl sites for hydroxylation is 1. The summed E-state index contributed by atoms with van der Waals surface area (Å²) in [5.74, 6) is 0.560. The van der Waals surface area contributed by atoms with Crippen LogP contribution in [0.15, 0.2) is 31.0 Å². The maximum Gasteiger partial charge on any atom is 0.269 e. The van der Waals surface area contributed by atoms with Crippen LogP contribution in [0.4, 0.5) is 5.69 Å². The van der Waals surface area contributed by atoms with E-state index < -0.39 is 0 Å². The highest BCUT2D eigenvalue weighted by molar-refractivity contribution is 5.93. The summed E-state index contributed by atoms with van der Waals surface area (Å²) in [6, 6.07) is 3.81. The van der Waals surface area contributed by atoms with Crippen molar-refractivity contribution in [2.75, 3.05) is 18.4 Å². The van der Waals surface area contributed by atoms with Crippen molar-refractivity contribution in [2.24, 2.45) is 7.05 Å². The molecule has 0 spiro atoms. The van der Waals surface area contributed by atoms with Gasteiger partial charge in [-0.15, -0.1) is 0 Å². The summed E-state index contributed by atoms with van der Waals surface area (Å²) in [5, 5.41) is 16.6. The summed E-state index contributed by atoms with van der Waals surface area (Å²) in [7, 11) is 1.79. The van der Waals surface area contributed by atoms with Gasteiger partial charge < -0.3 is 25.2 Å². The molecule has 0 unspecified atom stereocenters. The van der Waals surface area contributed by atoms with Gasteiger partial charge in [0.1, 0.15) is 17.3 Å². The maximum absolute atomic E-state index is 12.6. The fourth-order valence-corrected chi connectivity index (χ4v) is 4.33. The molecule has 4 rings (SSSR count). The Morgan fingerprint density at radius 1 is 1.35 bits per heavy atom. The van der Waals surface area contributed by atoms with E-state index in [2.05, 4.69) is 36.0 Å². The van der Waals surface area contributed by atoms with Crippen LogP contribution in [0.2, 0.25) is 0 Å². The number of hydrogen-bond acceptors (Lipinski definition) is 5. The van der Waals surface area contributed by atoms with Crippen molar-refractivity contribution in [3.63, 3.8) is 0 Å². The van der Waals surface area contributed by atoms with Gasteiger partial charge in [0, 0.05) is 20.1 Å². The van der Waals surface area contributed by atoms with Gasteiger partial charge in [0.25, 0.3) is 5.91 Å². The molecule has 0 saturated carbocycles. The van der Waals surface area contributed by atoms with Crippen LogP contribution in [-0.4, -0.2) is 50.5 Å². The fourth-order valence-electron chi connectivity index (χ4n) is 4.33. The highest BCUT2D eigenvalue weighted by Gasteiger charge is 2.32. The van der Waals surface area contributed by atoms with E-state index in [0.717, 1.165) is 12.8 Å². The van der Waals surface area contributed by atoms with Gasteiger partial charge in [-0.3, -0.25) is 9.59 Å². The van der Waals surface area contributed by atoms with Crippen LogP contribution < -0.4 is 10.6 Å². The van der Waals surface area contributed by atoms with E-state index in [-0.39, 0.29) is 29.0 Å². The SMILES string of the molecule is C=CC(=O)N1CC(NC(=O)c2cnc(CNc3cc4c(cc3O)CCC4(C)C)n2C)C1. The third-order valence-corrected chi connectivity index (χ3v) is 6.43. The van der Waals surface area contributed by atoms with Gasteiger partial charge in [0.05, 0.1) is 24.5 Å². The van der Waals surface area contributed by atoms with E-state index in [1.807, 2.05) is 12.1 Å². The number of anilines is 1. The largest absolute Gasteiger partial charge is 0.506 e. The number of rotatable bonds is 6. The van der Waals surface area contributed by atoms with Crippen molar-refractivity contribution in [2.45, 2.75) is 44.7 Å². The van der Waals surface area contributed by atoms with Crippen molar-refractivity contribution in [3.05, 3.63) is 53.6 Å². The molecule has 31 heavy (non-hydrogen) atoms. The Balaban J connectivity index is 1.39. The zero-order valence-corrected chi connectivity index (χ0v) is 18.2. The molecule has 8 nitrogen and oxygen atoms in total. The number of phenolic OH excluding ortho intramolecular Hbond substituents is 1. The van der Waals surface area contributed by atoms with Gasteiger partial charge in [0.2, 0.25) is 5.91 Å². The third kappa shape index (κ3) is 3.89. The smallest absolute Gasteiger partial charge is 0.269 e. The summed E-state index contributed by atoms with van der Waals surface area (Å²) in [5.41, 5.74) is 3.68. The Morgan fingerprint density at radius 2 is 2.10 bits per heavy atom. The number of nitrogens with zero attached hydrogens (tertiary/aromatic N) is 3. The third-order valence-electron chi connectivity index (χ3n) is 6.43.